The lowest BCUT2D eigenvalue weighted by atomic mass is 10.1. The number of halogens is 1. The second kappa shape index (κ2) is 10.5. The van der Waals surface area contributed by atoms with Crippen molar-refractivity contribution in [1.29, 1.82) is 0 Å². The van der Waals surface area contributed by atoms with E-state index in [4.69, 9.17) is 38.4 Å². The molecule has 0 aliphatic carbocycles. The highest BCUT2D eigenvalue weighted by molar-refractivity contribution is 8.26. The lowest BCUT2D eigenvalue weighted by Gasteiger charge is -2.15. The van der Waals surface area contributed by atoms with E-state index in [1.165, 1.54) is 18.2 Å². The number of para-hydroxylation sites is 1. The standard InChI is InChI=1S/C21H17ClN2O6S2/c1-2-29-15-5-3-4-13(18(15)30-11-17(25)26)10-16-20(28)24(21(31)32-16)23-19(27)12-6-8-14(22)9-7-12/h3-10H,2,11H2,1H3,(H,23,27)(H,25,26)/b16-10-. The molecule has 3 rings (SSSR count). The minimum atomic E-state index is -1.15. The largest absolute Gasteiger partial charge is 0.490 e. The molecule has 1 aliphatic heterocycles. The van der Waals surface area contributed by atoms with Gasteiger partial charge in [0.2, 0.25) is 0 Å². The van der Waals surface area contributed by atoms with Crippen molar-refractivity contribution in [2.75, 3.05) is 13.2 Å². The van der Waals surface area contributed by atoms with Crippen molar-refractivity contribution in [2.24, 2.45) is 0 Å². The Bertz CT molecular complexity index is 1100. The molecule has 1 fully saturated rings. The molecule has 0 saturated carbocycles. The number of nitrogens with one attached hydrogen (secondary N) is 1. The quantitative estimate of drug-likeness (QED) is 0.424. The van der Waals surface area contributed by atoms with E-state index in [9.17, 15) is 14.4 Å². The highest BCUT2D eigenvalue weighted by atomic mass is 35.5. The number of hydrogen-bond donors (Lipinski definition) is 2. The van der Waals surface area contributed by atoms with Crippen LogP contribution in [-0.2, 0) is 9.59 Å². The average Bonchev–Trinajstić information content (AvgIpc) is 3.01. The van der Waals surface area contributed by atoms with Gasteiger partial charge in [0.15, 0.2) is 22.4 Å². The third kappa shape index (κ3) is 5.58. The Kier molecular flexibility index (Phi) is 7.73. The zero-order valence-corrected chi connectivity index (χ0v) is 19.1. The summed E-state index contributed by atoms with van der Waals surface area (Å²) < 4.78 is 11.0. The van der Waals surface area contributed by atoms with Crippen LogP contribution in [0.2, 0.25) is 5.02 Å². The van der Waals surface area contributed by atoms with Gasteiger partial charge in [-0.05, 0) is 55.5 Å². The van der Waals surface area contributed by atoms with E-state index in [1.807, 2.05) is 0 Å². The summed E-state index contributed by atoms with van der Waals surface area (Å²) in [5.41, 5.74) is 3.22. The van der Waals surface area contributed by atoms with E-state index in [2.05, 4.69) is 5.43 Å². The van der Waals surface area contributed by atoms with Gasteiger partial charge in [0, 0.05) is 16.1 Å². The molecule has 1 aliphatic rings. The maximum atomic E-state index is 12.9. The number of thioether (sulfide) groups is 1. The third-order valence-corrected chi connectivity index (χ3v) is 5.60. The Morgan fingerprint density at radius 3 is 2.59 bits per heavy atom. The highest BCUT2D eigenvalue weighted by Crippen LogP contribution is 2.37. The molecule has 0 unspecified atom stereocenters. The second-order valence-electron chi connectivity index (χ2n) is 6.25. The number of aliphatic carboxylic acids is 1. The number of nitrogens with zero attached hydrogens (tertiary/aromatic N) is 1. The number of amides is 2. The van der Waals surface area contributed by atoms with E-state index in [0.717, 1.165) is 16.8 Å². The van der Waals surface area contributed by atoms with Crippen molar-refractivity contribution < 1.29 is 29.0 Å². The van der Waals surface area contributed by atoms with Crippen molar-refractivity contribution in [2.45, 2.75) is 6.92 Å². The molecule has 0 spiro atoms. The minimum Gasteiger partial charge on any atom is -0.490 e. The topological polar surface area (TPSA) is 105 Å². The molecule has 2 aromatic carbocycles. The summed E-state index contributed by atoms with van der Waals surface area (Å²) in [5, 5.41) is 10.4. The first kappa shape index (κ1) is 23.6. The molecule has 2 N–H and O–H groups in total. The number of rotatable bonds is 8. The van der Waals surface area contributed by atoms with Crippen LogP contribution in [0.25, 0.3) is 6.08 Å². The van der Waals surface area contributed by atoms with Gasteiger partial charge in [0.1, 0.15) is 0 Å². The van der Waals surface area contributed by atoms with Crippen LogP contribution in [0.15, 0.2) is 47.4 Å². The number of hydrazine groups is 1. The van der Waals surface area contributed by atoms with Crippen LogP contribution in [0, 0.1) is 0 Å². The van der Waals surface area contributed by atoms with Crippen molar-refractivity contribution in [1.82, 2.24) is 10.4 Å². The molecule has 8 nitrogen and oxygen atoms in total. The second-order valence-corrected chi connectivity index (χ2v) is 8.37. The molecule has 2 aromatic rings. The zero-order valence-electron chi connectivity index (χ0n) is 16.7. The van der Waals surface area contributed by atoms with Crippen molar-refractivity contribution in [3.8, 4) is 11.5 Å². The van der Waals surface area contributed by atoms with Crippen LogP contribution in [-0.4, -0.2) is 45.4 Å². The number of carboxylic acids is 1. The first-order valence-corrected chi connectivity index (χ1v) is 10.8. The van der Waals surface area contributed by atoms with E-state index in [1.54, 1.807) is 37.3 Å². The van der Waals surface area contributed by atoms with Crippen LogP contribution in [0.3, 0.4) is 0 Å². The van der Waals surface area contributed by atoms with Gasteiger partial charge in [-0.1, -0.05) is 35.5 Å². The fourth-order valence-corrected chi connectivity index (χ4v) is 3.97. The third-order valence-electron chi connectivity index (χ3n) is 4.05. The average molecular weight is 493 g/mol. The molecule has 1 saturated heterocycles. The van der Waals surface area contributed by atoms with Crippen LogP contribution in [0.1, 0.15) is 22.8 Å². The Hall–Kier alpha value is -3.08. The van der Waals surface area contributed by atoms with Crippen molar-refractivity contribution >= 4 is 63.8 Å². The molecule has 2 amide bonds. The molecule has 0 bridgehead atoms. The summed E-state index contributed by atoms with van der Waals surface area (Å²) in [6.07, 6.45) is 1.51. The van der Waals surface area contributed by atoms with Crippen molar-refractivity contribution in [3.05, 3.63) is 63.5 Å². The lowest BCUT2D eigenvalue weighted by molar-refractivity contribution is -0.139. The summed E-state index contributed by atoms with van der Waals surface area (Å²) in [4.78, 5) is 36.5. The summed E-state index contributed by atoms with van der Waals surface area (Å²) in [6.45, 7) is 1.54. The van der Waals surface area contributed by atoms with Crippen molar-refractivity contribution in [3.63, 3.8) is 0 Å². The Morgan fingerprint density at radius 2 is 1.94 bits per heavy atom. The van der Waals surface area contributed by atoms with Crippen LogP contribution in [0.4, 0.5) is 0 Å². The smallest absolute Gasteiger partial charge is 0.341 e. The lowest BCUT2D eigenvalue weighted by Crippen LogP contribution is -2.44. The normalized spacial score (nSPS) is 14.6. The van der Waals surface area contributed by atoms with Gasteiger partial charge in [-0.25, -0.2) is 4.79 Å². The minimum absolute atomic E-state index is 0.137. The Balaban J connectivity index is 1.85. The van der Waals surface area contributed by atoms with E-state index in [0.29, 0.717) is 28.5 Å². The highest BCUT2D eigenvalue weighted by Gasteiger charge is 2.34. The number of carbonyl (C=O) groups is 3. The molecular weight excluding hydrogens is 476 g/mol. The number of thiocarbonyl (C=S) groups is 1. The van der Waals surface area contributed by atoms with Crippen LogP contribution >= 0.6 is 35.6 Å². The van der Waals surface area contributed by atoms with Gasteiger partial charge in [0.25, 0.3) is 11.8 Å². The summed E-state index contributed by atoms with van der Waals surface area (Å²) >= 11 is 12.1. The predicted octanol–water partition coefficient (Wildman–Crippen LogP) is 3.75. The Labute approximate surface area is 198 Å². The van der Waals surface area contributed by atoms with Gasteiger partial charge in [-0.15, -0.1) is 0 Å². The molecule has 0 aromatic heterocycles. The number of hydrogen-bond acceptors (Lipinski definition) is 7. The molecule has 1 heterocycles. The fraction of sp³-hybridized carbons (Fsp3) is 0.143. The van der Waals surface area contributed by atoms with Crippen LogP contribution in [0.5, 0.6) is 11.5 Å². The molecule has 11 heteroatoms. The first-order chi connectivity index (χ1) is 15.3. The first-order valence-electron chi connectivity index (χ1n) is 9.25. The van der Waals surface area contributed by atoms with Gasteiger partial charge in [-0.2, -0.15) is 5.01 Å². The maximum absolute atomic E-state index is 12.9. The van der Waals surface area contributed by atoms with Gasteiger partial charge < -0.3 is 14.6 Å². The number of carbonyl (C=O) groups excluding carboxylic acids is 2. The maximum Gasteiger partial charge on any atom is 0.341 e. The van der Waals surface area contributed by atoms with Crippen LogP contribution < -0.4 is 14.9 Å². The summed E-state index contributed by atoms with van der Waals surface area (Å²) in [5.74, 6) is -1.68. The van der Waals surface area contributed by atoms with E-state index in [-0.39, 0.29) is 15.0 Å². The zero-order chi connectivity index (χ0) is 23.3. The SMILES string of the molecule is CCOc1cccc(/C=C2\SC(=S)N(NC(=O)c3ccc(Cl)cc3)C2=O)c1OCC(=O)O. The van der Waals surface area contributed by atoms with E-state index >= 15 is 0 Å². The molecule has 166 valence electrons. The van der Waals surface area contributed by atoms with Gasteiger partial charge >= 0.3 is 5.97 Å². The summed E-state index contributed by atoms with van der Waals surface area (Å²) in [7, 11) is 0. The monoisotopic (exact) mass is 492 g/mol. The molecule has 32 heavy (non-hydrogen) atoms. The molecular formula is C21H17ClN2O6S2. The summed E-state index contributed by atoms with van der Waals surface area (Å²) in [6, 6.07) is 11.1. The number of carboxylic acid groups (broad SMARTS) is 1. The number of ether oxygens (including phenoxy) is 2. The molecule has 0 atom stereocenters. The van der Waals surface area contributed by atoms with Gasteiger partial charge in [-0.3, -0.25) is 15.0 Å². The fourth-order valence-electron chi connectivity index (χ4n) is 2.68. The number of benzene rings is 2. The Morgan fingerprint density at radius 1 is 1.22 bits per heavy atom. The predicted molar refractivity (Wildman–Crippen MR) is 125 cm³/mol. The molecule has 0 radical (unpaired) electrons. The van der Waals surface area contributed by atoms with E-state index < -0.39 is 24.4 Å². The van der Waals surface area contributed by atoms with Gasteiger partial charge in [0.05, 0.1) is 11.5 Å².